The summed E-state index contributed by atoms with van der Waals surface area (Å²) in [5.74, 6) is -5.50. The van der Waals surface area contributed by atoms with Gasteiger partial charge in [0, 0.05) is 43.3 Å². The zero-order valence-electron chi connectivity index (χ0n) is 26.2. The smallest absolute Gasteiger partial charge is 0.418 e. The maximum absolute atomic E-state index is 16.9. The van der Waals surface area contributed by atoms with Crippen LogP contribution in [0.2, 0.25) is 5.02 Å². The van der Waals surface area contributed by atoms with Crippen LogP contribution in [0.1, 0.15) is 56.1 Å². The van der Waals surface area contributed by atoms with Gasteiger partial charge in [0.25, 0.3) is 5.92 Å². The van der Waals surface area contributed by atoms with Gasteiger partial charge in [0.05, 0.1) is 40.4 Å². The van der Waals surface area contributed by atoms with Gasteiger partial charge in [0.1, 0.15) is 17.2 Å². The number of piperidine rings is 1. The Morgan fingerprint density at radius 2 is 1.85 bits per heavy atom. The molecule has 7 rings (SSSR count). The van der Waals surface area contributed by atoms with Gasteiger partial charge in [-0.25, -0.2) is 18.2 Å². The first kappa shape index (κ1) is 32.3. The summed E-state index contributed by atoms with van der Waals surface area (Å²) in [4.78, 5) is 16.8. The molecule has 15 heteroatoms. The number of anilines is 2. The fraction of sp³-hybridized carbons (Fsp3) is 0.594. The molecule has 0 bridgehead atoms. The lowest BCUT2D eigenvalue weighted by molar-refractivity contribution is -0.137. The highest BCUT2D eigenvalue weighted by Gasteiger charge is 2.61. The number of likely N-dealkylation sites (tertiary alicyclic amines) is 1. The monoisotopic (exact) mass is 684 g/mol. The van der Waals surface area contributed by atoms with Gasteiger partial charge in [-0.1, -0.05) is 18.0 Å². The SMILES string of the molecule is Cc1cc(N)nc(-c2c(Cl)c3c4c(nc(OCC56CCCC5N(C)CCC6)nc4c2F)N(C)C(C2CC2(F)F)CCO3)c1C(F)(F)F. The van der Waals surface area contributed by atoms with E-state index in [1.54, 1.807) is 11.9 Å². The lowest BCUT2D eigenvalue weighted by Gasteiger charge is -2.44. The average molecular weight is 685 g/mol. The van der Waals surface area contributed by atoms with Crippen molar-refractivity contribution in [3.63, 3.8) is 0 Å². The summed E-state index contributed by atoms with van der Waals surface area (Å²) in [5.41, 5.74) is 2.26. The summed E-state index contributed by atoms with van der Waals surface area (Å²) in [6.07, 6.45) is -0.272. The molecule has 4 atom stereocenters. The van der Waals surface area contributed by atoms with E-state index in [2.05, 4.69) is 26.9 Å². The molecule has 4 aliphatic rings. The van der Waals surface area contributed by atoms with E-state index in [-0.39, 0.29) is 71.9 Å². The van der Waals surface area contributed by atoms with Crippen molar-refractivity contribution >= 4 is 34.1 Å². The lowest BCUT2D eigenvalue weighted by atomic mass is 9.76. The predicted octanol–water partition coefficient (Wildman–Crippen LogP) is 7.28. The van der Waals surface area contributed by atoms with Crippen molar-refractivity contribution in [1.82, 2.24) is 19.9 Å². The summed E-state index contributed by atoms with van der Waals surface area (Å²) in [5, 5.41) is -0.540. The van der Waals surface area contributed by atoms with Crippen molar-refractivity contribution < 1.29 is 35.8 Å². The third-order valence-corrected chi connectivity index (χ3v) is 11.0. The Kier molecular flexibility index (Phi) is 7.66. The van der Waals surface area contributed by atoms with E-state index in [0.29, 0.717) is 0 Å². The van der Waals surface area contributed by atoms with Crippen LogP contribution in [-0.2, 0) is 6.18 Å². The predicted molar refractivity (Wildman–Crippen MR) is 165 cm³/mol. The van der Waals surface area contributed by atoms with E-state index < -0.39 is 57.2 Å². The third kappa shape index (κ3) is 5.30. The van der Waals surface area contributed by atoms with Gasteiger partial charge in [-0.15, -0.1) is 0 Å². The number of halogens is 7. The zero-order valence-corrected chi connectivity index (χ0v) is 26.9. The van der Waals surface area contributed by atoms with Gasteiger partial charge in [0.2, 0.25) is 0 Å². The van der Waals surface area contributed by atoms with Crippen LogP contribution in [0.5, 0.6) is 11.8 Å². The molecule has 0 radical (unpaired) electrons. The number of ether oxygens (including phenoxy) is 2. The van der Waals surface area contributed by atoms with Gasteiger partial charge in [-0.2, -0.15) is 23.1 Å². The molecular formula is C32H35ClF6N6O2. The Balaban J connectivity index is 1.43. The highest BCUT2D eigenvalue weighted by atomic mass is 35.5. The van der Waals surface area contributed by atoms with Gasteiger partial charge in [0.15, 0.2) is 11.6 Å². The number of aryl methyl sites for hydroxylation is 1. The molecule has 4 heterocycles. The van der Waals surface area contributed by atoms with Crippen LogP contribution < -0.4 is 20.1 Å². The van der Waals surface area contributed by atoms with Crippen molar-refractivity contribution in [2.45, 2.75) is 76.1 Å². The largest absolute Gasteiger partial charge is 0.491 e. The molecule has 3 aromatic rings. The number of hydrogen-bond acceptors (Lipinski definition) is 8. The second-order valence-electron chi connectivity index (χ2n) is 13.5. The normalized spacial score (nSPS) is 27.3. The van der Waals surface area contributed by atoms with E-state index >= 15 is 4.39 Å². The summed E-state index contributed by atoms with van der Waals surface area (Å²) in [7, 11) is 3.66. The number of hydrogen-bond donors (Lipinski definition) is 1. The minimum absolute atomic E-state index is 0.0359. The molecule has 0 amide bonds. The van der Waals surface area contributed by atoms with Crippen molar-refractivity contribution in [1.29, 1.82) is 0 Å². The molecule has 2 N–H and O–H groups in total. The van der Waals surface area contributed by atoms with E-state index in [4.69, 9.17) is 26.8 Å². The minimum Gasteiger partial charge on any atom is -0.491 e. The minimum atomic E-state index is -4.93. The van der Waals surface area contributed by atoms with Crippen LogP contribution in [0, 0.1) is 24.1 Å². The molecular weight excluding hydrogens is 650 g/mol. The number of nitrogens with zero attached hydrogens (tertiary/aromatic N) is 5. The number of rotatable bonds is 5. The fourth-order valence-electron chi connectivity index (χ4n) is 8.28. The number of fused-ring (bicyclic) bond motifs is 1. The second-order valence-corrected chi connectivity index (χ2v) is 13.9. The van der Waals surface area contributed by atoms with Crippen LogP contribution in [0.4, 0.5) is 38.0 Å². The number of pyridine rings is 1. The maximum atomic E-state index is 16.9. The van der Waals surface area contributed by atoms with Crippen molar-refractivity contribution in [3.05, 3.63) is 28.0 Å². The van der Waals surface area contributed by atoms with Crippen LogP contribution in [0.25, 0.3) is 22.2 Å². The maximum Gasteiger partial charge on any atom is 0.418 e. The molecule has 47 heavy (non-hydrogen) atoms. The van der Waals surface area contributed by atoms with E-state index in [1.807, 2.05) is 0 Å². The number of alkyl halides is 5. The lowest BCUT2D eigenvalue weighted by Crippen LogP contribution is -2.50. The van der Waals surface area contributed by atoms with E-state index in [1.165, 1.54) is 6.92 Å². The van der Waals surface area contributed by atoms with Crippen molar-refractivity contribution in [2.24, 2.45) is 11.3 Å². The Labute approximate surface area is 272 Å². The van der Waals surface area contributed by atoms with Crippen molar-refractivity contribution in [2.75, 3.05) is 44.5 Å². The molecule has 2 saturated carbocycles. The molecule has 3 fully saturated rings. The first-order valence-corrected chi connectivity index (χ1v) is 16.1. The van der Waals surface area contributed by atoms with Crippen LogP contribution >= 0.6 is 11.6 Å². The molecule has 1 aromatic carbocycles. The number of nitrogens with two attached hydrogens (primary N) is 1. The van der Waals surface area contributed by atoms with Gasteiger partial charge < -0.3 is 25.0 Å². The quantitative estimate of drug-likeness (QED) is 0.281. The number of nitrogen functional groups attached to an aromatic ring is 1. The van der Waals surface area contributed by atoms with Crippen LogP contribution in [-0.4, -0.2) is 71.7 Å². The summed E-state index contributed by atoms with van der Waals surface area (Å²) in [6, 6.07) is 0.375. The first-order valence-electron chi connectivity index (χ1n) is 15.8. The summed E-state index contributed by atoms with van der Waals surface area (Å²) < 4.78 is 101. The molecule has 2 aliphatic heterocycles. The Bertz CT molecular complexity index is 1760. The van der Waals surface area contributed by atoms with Gasteiger partial charge in [-0.05, 0) is 57.8 Å². The van der Waals surface area contributed by atoms with E-state index in [0.717, 1.165) is 44.7 Å². The van der Waals surface area contributed by atoms with Crippen molar-refractivity contribution in [3.8, 4) is 23.0 Å². The molecule has 254 valence electrons. The van der Waals surface area contributed by atoms with Gasteiger partial charge >= 0.3 is 12.2 Å². The van der Waals surface area contributed by atoms with Gasteiger partial charge in [-0.3, -0.25) is 0 Å². The van der Waals surface area contributed by atoms with Crippen LogP contribution in [0.15, 0.2) is 6.07 Å². The summed E-state index contributed by atoms with van der Waals surface area (Å²) >= 11 is 6.72. The molecule has 0 spiro atoms. The standard InChI is InChI=1S/C32H35ClF6N6O2/c1-15-12-19(40)41-25(22(15)32(37,38)39)20-23(33)27-21-26(24(20)34)42-29(47-14-30-8-4-6-18(30)44(2)10-5-9-30)43-28(21)45(3)17(7-11-46-27)16-13-31(16,35)36/h12,16-18H,4-11,13-14H2,1-3H3,(H2,40,41). The molecule has 2 aromatic heterocycles. The zero-order chi connectivity index (χ0) is 33.6. The topological polar surface area (TPSA) is 89.6 Å². The second kappa shape index (κ2) is 11.1. The molecule has 4 unspecified atom stereocenters. The van der Waals surface area contributed by atoms with E-state index in [9.17, 15) is 22.0 Å². The molecule has 1 saturated heterocycles. The highest BCUT2D eigenvalue weighted by molar-refractivity contribution is 6.36. The highest BCUT2D eigenvalue weighted by Crippen LogP contribution is 2.55. The number of benzene rings is 1. The fourth-order valence-corrected chi connectivity index (χ4v) is 8.60. The number of aromatic nitrogens is 3. The Hall–Kier alpha value is -3.26. The average Bonchev–Trinajstić information content (AvgIpc) is 3.38. The molecule has 2 aliphatic carbocycles. The first-order chi connectivity index (χ1) is 22.1. The third-order valence-electron chi connectivity index (χ3n) is 10.6. The Morgan fingerprint density at radius 1 is 1.13 bits per heavy atom. The Morgan fingerprint density at radius 3 is 2.55 bits per heavy atom. The molecule has 8 nitrogen and oxygen atoms in total. The van der Waals surface area contributed by atoms with Crippen LogP contribution in [0.3, 0.4) is 0 Å². The summed E-state index contributed by atoms with van der Waals surface area (Å²) in [6.45, 7) is 2.28.